The molecule has 0 fully saturated rings. The molecule has 2 rings (SSSR count). The van der Waals surface area contributed by atoms with Crippen LogP contribution in [0.5, 0.6) is 11.5 Å². The molecular formula is C18H29NO2. The molecule has 1 aromatic carbocycles. The number of hydrogen-bond acceptors (Lipinski definition) is 3. The molecule has 1 heterocycles. The zero-order valence-corrected chi connectivity index (χ0v) is 14.0. The van der Waals surface area contributed by atoms with Gasteiger partial charge in [0.15, 0.2) is 11.5 Å². The number of nitrogens with one attached hydrogen (secondary N) is 1. The van der Waals surface area contributed by atoms with Crippen LogP contribution >= 0.6 is 0 Å². The van der Waals surface area contributed by atoms with Gasteiger partial charge in [0.05, 0.1) is 0 Å². The average molecular weight is 291 g/mol. The molecule has 0 aliphatic carbocycles. The molecule has 1 aliphatic rings. The highest BCUT2D eigenvalue weighted by Gasteiger charge is 2.22. The Kier molecular flexibility index (Phi) is 5.15. The van der Waals surface area contributed by atoms with Crippen LogP contribution in [0.2, 0.25) is 0 Å². The lowest BCUT2D eigenvalue weighted by atomic mass is 9.84. The van der Waals surface area contributed by atoms with Crippen LogP contribution in [-0.4, -0.2) is 25.3 Å². The molecule has 0 saturated carbocycles. The smallest absolute Gasteiger partial charge is 0.161 e. The summed E-state index contributed by atoms with van der Waals surface area (Å²) in [5.41, 5.74) is 1.48. The highest BCUT2D eigenvalue weighted by molar-refractivity contribution is 5.45. The molecular weight excluding hydrogens is 262 g/mol. The van der Waals surface area contributed by atoms with Crippen molar-refractivity contribution in [3.05, 3.63) is 23.8 Å². The predicted octanol–water partition coefficient (Wildman–Crippen LogP) is 3.98. The molecule has 2 atom stereocenters. The van der Waals surface area contributed by atoms with Crippen molar-refractivity contribution in [3.8, 4) is 11.5 Å². The third-order valence-electron chi connectivity index (χ3n) is 4.18. The maximum atomic E-state index is 5.73. The molecule has 0 radical (unpaired) electrons. The number of ether oxygens (including phenoxy) is 2. The zero-order chi connectivity index (χ0) is 15.5. The fraction of sp³-hybridized carbons (Fsp3) is 0.667. The van der Waals surface area contributed by atoms with E-state index in [1.165, 1.54) is 12.0 Å². The molecule has 0 saturated heterocycles. The average Bonchev–Trinajstić information content (AvgIpc) is 2.45. The molecule has 3 heteroatoms. The van der Waals surface area contributed by atoms with Gasteiger partial charge in [0, 0.05) is 12.1 Å². The van der Waals surface area contributed by atoms with Crippen molar-refractivity contribution in [2.24, 2.45) is 5.92 Å². The first-order valence-corrected chi connectivity index (χ1v) is 8.05. The third-order valence-corrected chi connectivity index (χ3v) is 4.18. The van der Waals surface area contributed by atoms with Gasteiger partial charge >= 0.3 is 0 Å². The van der Waals surface area contributed by atoms with Gasteiger partial charge < -0.3 is 14.8 Å². The van der Waals surface area contributed by atoms with Gasteiger partial charge in [-0.1, -0.05) is 26.3 Å². The Balaban J connectivity index is 2.19. The molecule has 21 heavy (non-hydrogen) atoms. The summed E-state index contributed by atoms with van der Waals surface area (Å²) in [6, 6.07) is 6.40. The SMILES string of the molecule is CCC(C)C(CNC(C)(C)C)c1ccc2c(c1)OCCO2. The molecule has 1 aliphatic heterocycles. The largest absolute Gasteiger partial charge is 0.486 e. The van der Waals surface area contributed by atoms with Gasteiger partial charge in [0.25, 0.3) is 0 Å². The molecule has 118 valence electrons. The Labute approximate surface area is 129 Å². The fourth-order valence-corrected chi connectivity index (χ4v) is 2.64. The van der Waals surface area contributed by atoms with E-state index in [1.807, 2.05) is 0 Å². The van der Waals surface area contributed by atoms with Crippen molar-refractivity contribution < 1.29 is 9.47 Å². The van der Waals surface area contributed by atoms with Gasteiger partial charge in [0.1, 0.15) is 13.2 Å². The number of benzene rings is 1. The summed E-state index contributed by atoms with van der Waals surface area (Å²) in [5, 5.41) is 3.64. The second kappa shape index (κ2) is 6.69. The van der Waals surface area contributed by atoms with Gasteiger partial charge in [-0.15, -0.1) is 0 Å². The molecule has 2 unspecified atom stereocenters. The number of hydrogen-bond donors (Lipinski definition) is 1. The molecule has 1 N–H and O–H groups in total. The minimum atomic E-state index is 0.138. The molecule has 0 amide bonds. The summed E-state index contributed by atoms with van der Waals surface area (Å²) in [5.74, 6) is 2.88. The minimum absolute atomic E-state index is 0.138. The van der Waals surface area contributed by atoms with E-state index >= 15 is 0 Å². The Morgan fingerprint density at radius 3 is 2.43 bits per heavy atom. The minimum Gasteiger partial charge on any atom is -0.486 e. The van der Waals surface area contributed by atoms with Crippen LogP contribution < -0.4 is 14.8 Å². The van der Waals surface area contributed by atoms with E-state index in [2.05, 4.69) is 58.1 Å². The van der Waals surface area contributed by atoms with Crippen molar-refractivity contribution in [3.63, 3.8) is 0 Å². The Morgan fingerprint density at radius 1 is 1.14 bits per heavy atom. The van der Waals surface area contributed by atoms with E-state index < -0.39 is 0 Å². The first-order chi connectivity index (χ1) is 9.90. The van der Waals surface area contributed by atoms with Crippen molar-refractivity contribution in [2.75, 3.05) is 19.8 Å². The van der Waals surface area contributed by atoms with E-state index in [0.717, 1.165) is 18.0 Å². The summed E-state index contributed by atoms with van der Waals surface area (Å²) in [6.07, 6.45) is 1.17. The van der Waals surface area contributed by atoms with Crippen LogP contribution in [-0.2, 0) is 0 Å². The summed E-state index contributed by atoms with van der Waals surface area (Å²) in [4.78, 5) is 0. The maximum Gasteiger partial charge on any atom is 0.161 e. The Bertz CT molecular complexity index is 465. The van der Waals surface area contributed by atoms with Crippen LogP contribution in [0, 0.1) is 5.92 Å². The van der Waals surface area contributed by atoms with Crippen LogP contribution in [0.4, 0.5) is 0 Å². The van der Waals surface area contributed by atoms with Crippen molar-refractivity contribution in [1.82, 2.24) is 5.32 Å². The van der Waals surface area contributed by atoms with E-state index in [1.54, 1.807) is 0 Å². The van der Waals surface area contributed by atoms with Gasteiger partial charge in [-0.25, -0.2) is 0 Å². The Hall–Kier alpha value is -1.22. The van der Waals surface area contributed by atoms with Crippen LogP contribution in [0.25, 0.3) is 0 Å². The standard InChI is InChI=1S/C18H29NO2/c1-6-13(2)15(12-19-18(3,4)5)14-7-8-16-17(11-14)21-10-9-20-16/h7-8,11,13,15,19H,6,9-10,12H2,1-5H3. The van der Waals surface area contributed by atoms with Gasteiger partial charge in [0.2, 0.25) is 0 Å². The van der Waals surface area contributed by atoms with Crippen LogP contribution in [0.1, 0.15) is 52.5 Å². The zero-order valence-electron chi connectivity index (χ0n) is 14.0. The highest BCUT2D eigenvalue weighted by Crippen LogP contribution is 2.35. The van der Waals surface area contributed by atoms with E-state index in [-0.39, 0.29) is 5.54 Å². The first-order valence-electron chi connectivity index (χ1n) is 8.05. The number of fused-ring (bicyclic) bond motifs is 1. The fourth-order valence-electron chi connectivity index (χ4n) is 2.64. The summed E-state index contributed by atoms with van der Waals surface area (Å²) in [6.45, 7) is 13.5. The van der Waals surface area contributed by atoms with Gasteiger partial charge in [-0.3, -0.25) is 0 Å². The van der Waals surface area contributed by atoms with E-state index in [0.29, 0.717) is 25.0 Å². The predicted molar refractivity (Wildman–Crippen MR) is 87.4 cm³/mol. The molecule has 3 nitrogen and oxygen atoms in total. The normalized spacial score (nSPS) is 17.4. The summed E-state index contributed by atoms with van der Waals surface area (Å²) >= 11 is 0. The topological polar surface area (TPSA) is 30.5 Å². The Morgan fingerprint density at radius 2 is 1.81 bits per heavy atom. The van der Waals surface area contributed by atoms with Gasteiger partial charge in [-0.05, 0) is 50.3 Å². The maximum absolute atomic E-state index is 5.73. The van der Waals surface area contributed by atoms with Crippen LogP contribution in [0.3, 0.4) is 0 Å². The van der Waals surface area contributed by atoms with Gasteiger partial charge in [-0.2, -0.15) is 0 Å². The number of rotatable bonds is 5. The first kappa shape index (κ1) is 16.2. The molecule has 1 aromatic rings. The lowest BCUT2D eigenvalue weighted by molar-refractivity contribution is 0.171. The van der Waals surface area contributed by atoms with Crippen molar-refractivity contribution >= 4 is 0 Å². The molecule has 0 aromatic heterocycles. The summed E-state index contributed by atoms with van der Waals surface area (Å²) < 4.78 is 11.3. The van der Waals surface area contributed by atoms with Crippen LogP contribution in [0.15, 0.2) is 18.2 Å². The van der Waals surface area contributed by atoms with Crippen molar-refractivity contribution in [2.45, 2.75) is 52.5 Å². The second-order valence-electron chi connectivity index (χ2n) is 7.03. The molecule has 0 spiro atoms. The summed E-state index contributed by atoms with van der Waals surface area (Å²) in [7, 11) is 0. The second-order valence-corrected chi connectivity index (χ2v) is 7.03. The monoisotopic (exact) mass is 291 g/mol. The lowest BCUT2D eigenvalue weighted by Crippen LogP contribution is -2.39. The third kappa shape index (κ3) is 4.37. The quantitative estimate of drug-likeness (QED) is 0.890. The lowest BCUT2D eigenvalue weighted by Gasteiger charge is -2.30. The van der Waals surface area contributed by atoms with E-state index in [9.17, 15) is 0 Å². The van der Waals surface area contributed by atoms with Crippen molar-refractivity contribution in [1.29, 1.82) is 0 Å². The highest BCUT2D eigenvalue weighted by atomic mass is 16.6. The van der Waals surface area contributed by atoms with E-state index in [4.69, 9.17) is 9.47 Å². The molecule has 0 bridgehead atoms.